The van der Waals surface area contributed by atoms with Crippen molar-refractivity contribution in [1.29, 1.82) is 0 Å². The molecule has 17 heavy (non-hydrogen) atoms. The Hall–Kier alpha value is -2.04. The van der Waals surface area contributed by atoms with Gasteiger partial charge in [-0.1, -0.05) is 0 Å². The maximum atomic E-state index is 4.35. The van der Waals surface area contributed by atoms with Gasteiger partial charge in [0.15, 0.2) is 5.82 Å². The first-order valence-corrected chi connectivity index (χ1v) is 5.56. The Morgan fingerprint density at radius 3 is 2.76 bits per heavy atom. The second-order valence-corrected chi connectivity index (χ2v) is 4.15. The smallest absolute Gasteiger partial charge is 0.151 e. The Labute approximate surface area is 101 Å². The number of anilines is 2. The van der Waals surface area contributed by atoms with E-state index in [9.17, 15) is 0 Å². The van der Waals surface area contributed by atoms with Crippen LogP contribution in [0.25, 0.3) is 0 Å². The highest BCUT2D eigenvalue weighted by Gasteiger charge is 2.10. The lowest BCUT2D eigenvalue weighted by molar-refractivity contribution is 0.823. The number of aromatic amines is 1. The number of pyridine rings is 1. The predicted molar refractivity (Wildman–Crippen MR) is 69.2 cm³/mol. The SMILES string of the molecule is CC(Nc1cccnc1N(C)C)c1ccn[nH]1. The van der Waals surface area contributed by atoms with E-state index in [0.717, 1.165) is 17.2 Å². The van der Waals surface area contributed by atoms with E-state index in [1.165, 1.54) is 0 Å². The van der Waals surface area contributed by atoms with Crippen LogP contribution in [0, 0.1) is 0 Å². The number of hydrogen-bond donors (Lipinski definition) is 2. The van der Waals surface area contributed by atoms with E-state index in [1.54, 1.807) is 12.4 Å². The van der Waals surface area contributed by atoms with E-state index in [1.807, 2.05) is 37.2 Å². The van der Waals surface area contributed by atoms with Crippen LogP contribution in [0.15, 0.2) is 30.6 Å². The van der Waals surface area contributed by atoms with Crippen LogP contribution in [-0.2, 0) is 0 Å². The van der Waals surface area contributed by atoms with Crippen LogP contribution in [0.4, 0.5) is 11.5 Å². The Morgan fingerprint density at radius 1 is 1.29 bits per heavy atom. The molecule has 0 aromatic carbocycles. The van der Waals surface area contributed by atoms with Crippen molar-refractivity contribution in [3.8, 4) is 0 Å². The molecule has 2 aromatic rings. The molecule has 0 spiro atoms. The molecule has 0 saturated carbocycles. The molecular formula is C12H17N5. The molecule has 0 saturated heterocycles. The molecule has 2 N–H and O–H groups in total. The highest BCUT2D eigenvalue weighted by molar-refractivity contribution is 5.65. The number of aromatic nitrogens is 3. The summed E-state index contributed by atoms with van der Waals surface area (Å²) in [5, 5.41) is 10.3. The zero-order valence-corrected chi connectivity index (χ0v) is 10.3. The molecular weight excluding hydrogens is 214 g/mol. The highest BCUT2D eigenvalue weighted by Crippen LogP contribution is 2.24. The molecule has 0 aliphatic carbocycles. The van der Waals surface area contributed by atoms with Crippen molar-refractivity contribution in [2.45, 2.75) is 13.0 Å². The number of nitrogens with one attached hydrogen (secondary N) is 2. The molecule has 0 amide bonds. The molecule has 0 fully saturated rings. The van der Waals surface area contributed by atoms with E-state index in [2.05, 4.69) is 27.4 Å². The monoisotopic (exact) mass is 231 g/mol. The number of H-pyrrole nitrogens is 1. The van der Waals surface area contributed by atoms with Crippen molar-refractivity contribution in [2.75, 3.05) is 24.3 Å². The summed E-state index contributed by atoms with van der Waals surface area (Å²) in [4.78, 5) is 6.34. The van der Waals surface area contributed by atoms with Crippen LogP contribution in [0.1, 0.15) is 18.7 Å². The first-order valence-electron chi connectivity index (χ1n) is 5.56. The topological polar surface area (TPSA) is 56.8 Å². The minimum Gasteiger partial charge on any atom is -0.374 e. The van der Waals surface area contributed by atoms with Crippen molar-refractivity contribution in [1.82, 2.24) is 15.2 Å². The van der Waals surface area contributed by atoms with Gasteiger partial charge in [-0.15, -0.1) is 0 Å². The quantitative estimate of drug-likeness (QED) is 0.845. The lowest BCUT2D eigenvalue weighted by Crippen LogP contribution is -2.15. The lowest BCUT2D eigenvalue weighted by atomic mass is 10.2. The van der Waals surface area contributed by atoms with Crippen LogP contribution in [0.5, 0.6) is 0 Å². The van der Waals surface area contributed by atoms with E-state index < -0.39 is 0 Å². The molecule has 1 atom stereocenters. The number of hydrogen-bond acceptors (Lipinski definition) is 4. The highest BCUT2D eigenvalue weighted by atomic mass is 15.2. The van der Waals surface area contributed by atoms with Crippen LogP contribution >= 0.6 is 0 Å². The van der Waals surface area contributed by atoms with E-state index >= 15 is 0 Å². The van der Waals surface area contributed by atoms with Gasteiger partial charge in [0.05, 0.1) is 17.4 Å². The minimum absolute atomic E-state index is 0.167. The van der Waals surface area contributed by atoms with E-state index in [4.69, 9.17) is 0 Å². The fraction of sp³-hybridized carbons (Fsp3) is 0.333. The summed E-state index contributed by atoms with van der Waals surface area (Å²) >= 11 is 0. The van der Waals surface area contributed by atoms with Gasteiger partial charge in [0.1, 0.15) is 0 Å². The maximum Gasteiger partial charge on any atom is 0.151 e. The van der Waals surface area contributed by atoms with E-state index in [-0.39, 0.29) is 6.04 Å². The summed E-state index contributed by atoms with van der Waals surface area (Å²) in [5.74, 6) is 0.930. The van der Waals surface area contributed by atoms with Gasteiger partial charge in [0.25, 0.3) is 0 Å². The molecule has 0 aliphatic heterocycles. The zero-order valence-electron chi connectivity index (χ0n) is 10.3. The average Bonchev–Trinajstić information content (AvgIpc) is 2.83. The summed E-state index contributed by atoms with van der Waals surface area (Å²) in [6.45, 7) is 2.08. The first kappa shape index (κ1) is 11.4. The second-order valence-electron chi connectivity index (χ2n) is 4.15. The lowest BCUT2D eigenvalue weighted by Gasteiger charge is -2.19. The normalized spacial score (nSPS) is 12.2. The van der Waals surface area contributed by atoms with Gasteiger partial charge >= 0.3 is 0 Å². The summed E-state index contributed by atoms with van der Waals surface area (Å²) in [6.07, 6.45) is 3.55. The van der Waals surface area contributed by atoms with Crippen LogP contribution in [0.3, 0.4) is 0 Å². The third-order valence-corrected chi connectivity index (χ3v) is 2.57. The molecule has 0 radical (unpaired) electrons. The molecule has 0 bridgehead atoms. The Kier molecular flexibility index (Phi) is 3.27. The van der Waals surface area contributed by atoms with Crippen molar-refractivity contribution >= 4 is 11.5 Å². The van der Waals surface area contributed by atoms with Gasteiger partial charge in [-0.2, -0.15) is 5.10 Å². The first-order chi connectivity index (χ1) is 8.18. The molecule has 5 nitrogen and oxygen atoms in total. The van der Waals surface area contributed by atoms with E-state index in [0.29, 0.717) is 0 Å². The summed E-state index contributed by atoms with van der Waals surface area (Å²) in [6, 6.07) is 6.08. The molecule has 2 aromatic heterocycles. The van der Waals surface area contributed by atoms with Gasteiger partial charge in [-0.25, -0.2) is 4.98 Å². The van der Waals surface area contributed by atoms with Crippen molar-refractivity contribution in [3.05, 3.63) is 36.3 Å². The fourth-order valence-corrected chi connectivity index (χ4v) is 1.68. The third-order valence-electron chi connectivity index (χ3n) is 2.57. The van der Waals surface area contributed by atoms with Gasteiger partial charge in [0.2, 0.25) is 0 Å². The van der Waals surface area contributed by atoms with Crippen molar-refractivity contribution in [2.24, 2.45) is 0 Å². The van der Waals surface area contributed by atoms with Crippen LogP contribution < -0.4 is 10.2 Å². The number of rotatable bonds is 4. The molecule has 0 aliphatic rings. The molecule has 5 heteroatoms. The maximum absolute atomic E-state index is 4.35. The Bertz CT molecular complexity index is 464. The second kappa shape index (κ2) is 4.86. The van der Waals surface area contributed by atoms with Gasteiger partial charge in [0, 0.05) is 26.5 Å². The molecule has 1 unspecified atom stereocenters. The molecule has 90 valence electrons. The standard InChI is InChI=1S/C12H17N5/c1-9(10-6-8-14-16-10)15-11-5-4-7-13-12(11)17(2)3/h4-9,15H,1-3H3,(H,14,16). The van der Waals surface area contributed by atoms with Crippen LogP contribution in [-0.4, -0.2) is 29.3 Å². The summed E-state index contributed by atoms with van der Waals surface area (Å²) in [7, 11) is 3.96. The molecule has 2 heterocycles. The largest absolute Gasteiger partial charge is 0.374 e. The third kappa shape index (κ3) is 2.55. The summed E-state index contributed by atoms with van der Waals surface area (Å²) < 4.78 is 0. The minimum atomic E-state index is 0.167. The Morgan fingerprint density at radius 2 is 2.12 bits per heavy atom. The van der Waals surface area contributed by atoms with Gasteiger partial charge < -0.3 is 10.2 Å². The Balaban J connectivity index is 2.18. The zero-order chi connectivity index (χ0) is 12.3. The molecule has 2 rings (SSSR count). The fourth-order valence-electron chi connectivity index (χ4n) is 1.68. The average molecular weight is 231 g/mol. The van der Waals surface area contributed by atoms with Crippen molar-refractivity contribution in [3.63, 3.8) is 0 Å². The van der Waals surface area contributed by atoms with Gasteiger partial charge in [-0.3, -0.25) is 5.10 Å². The van der Waals surface area contributed by atoms with Gasteiger partial charge in [-0.05, 0) is 25.1 Å². The van der Waals surface area contributed by atoms with Crippen LogP contribution in [0.2, 0.25) is 0 Å². The predicted octanol–water partition coefficient (Wildman–Crippen LogP) is 2.04. The number of nitrogens with zero attached hydrogens (tertiary/aromatic N) is 3. The summed E-state index contributed by atoms with van der Waals surface area (Å²) in [5.41, 5.74) is 2.07. The van der Waals surface area contributed by atoms with Crippen molar-refractivity contribution < 1.29 is 0 Å².